The number of hydrogen-bond acceptors (Lipinski definition) is 4. The standard InChI is InChI=1S/C26H30N2O5/c1-16(13-24(29)28-12-11-18(25(30)31)14-17(28)2)27-26(32)33-15-23-21-9-5-3-7-19(21)20-8-4-6-10-22(20)23/h3-10,16-18,23H,11-15H2,1-2H3,(H,27,32)(H,30,31)/t16-,17+,18+/m0/s1. The number of rotatable bonds is 6. The second-order valence-electron chi connectivity index (χ2n) is 9.07. The van der Waals surface area contributed by atoms with Crippen LogP contribution in [0, 0.1) is 5.92 Å². The van der Waals surface area contributed by atoms with Gasteiger partial charge in [-0.25, -0.2) is 4.79 Å². The fourth-order valence-electron chi connectivity index (χ4n) is 5.04. The number of nitrogens with one attached hydrogen (secondary N) is 1. The number of aliphatic carboxylic acids is 1. The fourth-order valence-corrected chi connectivity index (χ4v) is 5.04. The van der Waals surface area contributed by atoms with Gasteiger partial charge < -0.3 is 20.1 Å². The highest BCUT2D eigenvalue weighted by Gasteiger charge is 2.33. The van der Waals surface area contributed by atoms with Crippen molar-refractivity contribution in [3.05, 3.63) is 59.7 Å². The highest BCUT2D eigenvalue weighted by atomic mass is 16.5. The molecule has 0 unspecified atom stereocenters. The van der Waals surface area contributed by atoms with E-state index in [2.05, 4.69) is 29.6 Å². The average Bonchev–Trinajstić information content (AvgIpc) is 3.11. The lowest BCUT2D eigenvalue weighted by molar-refractivity contribution is -0.147. The van der Waals surface area contributed by atoms with E-state index >= 15 is 0 Å². The Kier molecular flexibility index (Phi) is 6.67. The normalized spacial score (nSPS) is 20.5. The number of amides is 2. The maximum atomic E-state index is 12.7. The number of carbonyl (C=O) groups excluding carboxylic acids is 2. The van der Waals surface area contributed by atoms with E-state index in [9.17, 15) is 19.5 Å². The highest BCUT2D eigenvalue weighted by molar-refractivity contribution is 5.80. The van der Waals surface area contributed by atoms with E-state index < -0.39 is 24.0 Å². The second-order valence-corrected chi connectivity index (χ2v) is 9.07. The second kappa shape index (κ2) is 9.65. The van der Waals surface area contributed by atoms with E-state index in [0.29, 0.717) is 19.4 Å². The number of carboxylic acid groups (broad SMARTS) is 1. The van der Waals surface area contributed by atoms with Crippen molar-refractivity contribution < 1.29 is 24.2 Å². The summed E-state index contributed by atoms with van der Waals surface area (Å²) in [5, 5.41) is 12.0. The SMILES string of the molecule is C[C@@H]1C[C@H](C(=O)O)CCN1C(=O)C[C@H](C)NC(=O)OCC1c2ccccc2-c2ccccc21. The van der Waals surface area contributed by atoms with Crippen LogP contribution in [0.15, 0.2) is 48.5 Å². The number of benzene rings is 2. The lowest BCUT2D eigenvalue weighted by Gasteiger charge is -2.36. The molecule has 2 aromatic carbocycles. The van der Waals surface area contributed by atoms with Crippen LogP contribution in [0.2, 0.25) is 0 Å². The van der Waals surface area contributed by atoms with E-state index in [-0.39, 0.29) is 30.9 Å². The topological polar surface area (TPSA) is 95.9 Å². The van der Waals surface area contributed by atoms with Crippen LogP contribution in [0.5, 0.6) is 0 Å². The summed E-state index contributed by atoms with van der Waals surface area (Å²) >= 11 is 0. The van der Waals surface area contributed by atoms with Crippen molar-refractivity contribution in [1.82, 2.24) is 10.2 Å². The van der Waals surface area contributed by atoms with Gasteiger partial charge in [0.15, 0.2) is 0 Å². The van der Waals surface area contributed by atoms with Crippen LogP contribution in [0.4, 0.5) is 4.79 Å². The average molecular weight is 451 g/mol. The maximum absolute atomic E-state index is 12.7. The number of likely N-dealkylation sites (tertiary alicyclic amines) is 1. The predicted octanol–water partition coefficient (Wildman–Crippen LogP) is 4.02. The Labute approximate surface area is 193 Å². The lowest BCUT2D eigenvalue weighted by atomic mass is 9.91. The molecule has 174 valence electrons. The first-order valence-electron chi connectivity index (χ1n) is 11.5. The molecule has 3 atom stereocenters. The molecule has 2 amide bonds. The molecule has 7 nitrogen and oxygen atoms in total. The summed E-state index contributed by atoms with van der Waals surface area (Å²) in [6, 6.07) is 15.8. The van der Waals surface area contributed by atoms with Crippen molar-refractivity contribution in [3.8, 4) is 11.1 Å². The molecule has 1 aliphatic heterocycles. The molecule has 2 aliphatic rings. The Morgan fingerprint density at radius 2 is 1.70 bits per heavy atom. The largest absolute Gasteiger partial charge is 0.481 e. The van der Waals surface area contributed by atoms with Gasteiger partial charge in [0, 0.05) is 31.0 Å². The first-order valence-corrected chi connectivity index (χ1v) is 11.5. The minimum Gasteiger partial charge on any atom is -0.481 e. The molecule has 33 heavy (non-hydrogen) atoms. The smallest absolute Gasteiger partial charge is 0.407 e. The van der Waals surface area contributed by atoms with E-state index in [0.717, 1.165) is 11.1 Å². The molecule has 7 heteroatoms. The molecule has 4 rings (SSSR count). The van der Waals surface area contributed by atoms with E-state index in [1.54, 1.807) is 11.8 Å². The van der Waals surface area contributed by atoms with E-state index in [4.69, 9.17) is 4.74 Å². The van der Waals surface area contributed by atoms with Crippen molar-refractivity contribution in [2.24, 2.45) is 5.92 Å². The molecule has 1 fully saturated rings. The predicted molar refractivity (Wildman–Crippen MR) is 124 cm³/mol. The van der Waals surface area contributed by atoms with Gasteiger partial charge in [0.1, 0.15) is 6.61 Å². The Morgan fingerprint density at radius 1 is 1.09 bits per heavy atom. The van der Waals surface area contributed by atoms with Crippen LogP contribution in [-0.4, -0.2) is 53.2 Å². The number of fused-ring (bicyclic) bond motifs is 3. The molecule has 2 aromatic rings. The van der Waals surface area contributed by atoms with Crippen LogP contribution < -0.4 is 5.32 Å². The van der Waals surface area contributed by atoms with Gasteiger partial charge in [-0.2, -0.15) is 0 Å². The number of carboxylic acids is 1. The number of hydrogen-bond donors (Lipinski definition) is 2. The zero-order chi connectivity index (χ0) is 23.5. The number of piperidine rings is 1. The van der Waals surface area contributed by atoms with Crippen LogP contribution in [-0.2, 0) is 14.3 Å². The molecule has 0 radical (unpaired) electrons. The van der Waals surface area contributed by atoms with Gasteiger partial charge in [-0.3, -0.25) is 9.59 Å². The van der Waals surface area contributed by atoms with Gasteiger partial charge in [-0.1, -0.05) is 48.5 Å². The Bertz CT molecular complexity index is 1010. The summed E-state index contributed by atoms with van der Waals surface area (Å²) in [6.45, 7) is 4.29. The van der Waals surface area contributed by atoms with Crippen molar-refractivity contribution in [3.63, 3.8) is 0 Å². The van der Waals surface area contributed by atoms with E-state index in [1.807, 2.05) is 31.2 Å². The molecule has 1 saturated heterocycles. The lowest BCUT2D eigenvalue weighted by Crippen LogP contribution is -2.48. The summed E-state index contributed by atoms with van der Waals surface area (Å²) < 4.78 is 5.56. The third-order valence-electron chi connectivity index (χ3n) is 6.73. The third-order valence-corrected chi connectivity index (χ3v) is 6.73. The summed E-state index contributed by atoms with van der Waals surface area (Å²) in [5.41, 5.74) is 4.63. The van der Waals surface area contributed by atoms with Crippen molar-refractivity contribution >= 4 is 18.0 Å². The molecule has 0 aromatic heterocycles. The van der Waals surface area contributed by atoms with Crippen LogP contribution >= 0.6 is 0 Å². The molecule has 1 heterocycles. The van der Waals surface area contributed by atoms with Gasteiger partial charge in [-0.05, 0) is 48.9 Å². The third kappa shape index (κ3) is 4.87. The summed E-state index contributed by atoms with van der Waals surface area (Å²) in [7, 11) is 0. The highest BCUT2D eigenvalue weighted by Crippen LogP contribution is 2.44. The minimum absolute atomic E-state index is 0.0172. The number of nitrogens with zero attached hydrogens (tertiary/aromatic N) is 1. The van der Waals surface area contributed by atoms with Crippen molar-refractivity contribution in [1.29, 1.82) is 0 Å². The van der Waals surface area contributed by atoms with Crippen LogP contribution in [0.1, 0.15) is 50.2 Å². The van der Waals surface area contributed by atoms with Crippen molar-refractivity contribution in [2.45, 2.75) is 51.1 Å². The Morgan fingerprint density at radius 3 is 2.27 bits per heavy atom. The van der Waals surface area contributed by atoms with Gasteiger partial charge in [-0.15, -0.1) is 0 Å². The van der Waals surface area contributed by atoms with Crippen molar-refractivity contribution in [2.75, 3.05) is 13.2 Å². The molecule has 2 N–H and O–H groups in total. The monoisotopic (exact) mass is 450 g/mol. The molecule has 0 spiro atoms. The molecule has 0 saturated carbocycles. The Hall–Kier alpha value is -3.35. The number of carbonyl (C=O) groups is 3. The minimum atomic E-state index is -0.806. The Balaban J connectivity index is 1.29. The van der Waals surface area contributed by atoms with Gasteiger partial charge in [0.05, 0.1) is 5.92 Å². The van der Waals surface area contributed by atoms with Gasteiger partial charge >= 0.3 is 12.1 Å². The zero-order valence-electron chi connectivity index (χ0n) is 19.0. The maximum Gasteiger partial charge on any atom is 0.407 e. The van der Waals surface area contributed by atoms with Crippen LogP contribution in [0.25, 0.3) is 11.1 Å². The number of ether oxygens (including phenoxy) is 1. The first-order chi connectivity index (χ1) is 15.8. The zero-order valence-corrected chi connectivity index (χ0v) is 19.0. The van der Waals surface area contributed by atoms with E-state index in [1.165, 1.54) is 11.1 Å². The molecular formula is C26H30N2O5. The fraction of sp³-hybridized carbons (Fsp3) is 0.423. The van der Waals surface area contributed by atoms with Gasteiger partial charge in [0.25, 0.3) is 0 Å². The summed E-state index contributed by atoms with van der Waals surface area (Å²) in [5.74, 6) is -1.31. The molecule has 1 aliphatic carbocycles. The molecule has 0 bridgehead atoms. The summed E-state index contributed by atoms with van der Waals surface area (Å²) in [6.07, 6.45) is 0.510. The molecular weight excluding hydrogens is 420 g/mol. The summed E-state index contributed by atoms with van der Waals surface area (Å²) in [4.78, 5) is 38.1. The van der Waals surface area contributed by atoms with Gasteiger partial charge in [0.2, 0.25) is 5.91 Å². The number of alkyl carbamates (subject to hydrolysis) is 1. The quantitative estimate of drug-likeness (QED) is 0.693. The first kappa shape index (κ1) is 22.8. The van der Waals surface area contributed by atoms with Crippen LogP contribution in [0.3, 0.4) is 0 Å².